The summed E-state index contributed by atoms with van der Waals surface area (Å²) < 4.78 is 15.8. The average Bonchev–Trinajstić information content (AvgIpc) is 3.33. The Morgan fingerprint density at radius 1 is 1.25 bits per heavy atom. The van der Waals surface area contributed by atoms with Crippen LogP contribution in [0.1, 0.15) is 55.9 Å². The molecule has 0 bridgehead atoms. The summed E-state index contributed by atoms with van der Waals surface area (Å²) in [6, 6.07) is 9.55. The van der Waals surface area contributed by atoms with Crippen LogP contribution in [0.2, 0.25) is 0 Å². The van der Waals surface area contributed by atoms with E-state index in [1.54, 1.807) is 32.4 Å². The number of halogens is 1. The predicted molar refractivity (Wildman–Crippen MR) is 144 cm³/mol. The molecule has 2 heterocycles. The lowest BCUT2D eigenvalue weighted by molar-refractivity contribution is 0.111. The van der Waals surface area contributed by atoms with E-state index in [1.807, 2.05) is 67.8 Å². The van der Waals surface area contributed by atoms with E-state index in [2.05, 4.69) is 20.9 Å². The second kappa shape index (κ2) is 13.3. The maximum absolute atomic E-state index is 14.0. The Hall–Kier alpha value is -3.83. The van der Waals surface area contributed by atoms with Crippen molar-refractivity contribution in [2.75, 3.05) is 25.0 Å². The van der Waals surface area contributed by atoms with Gasteiger partial charge in [0.25, 0.3) is 0 Å². The molecule has 4 rings (SSSR count). The summed E-state index contributed by atoms with van der Waals surface area (Å²) in [5, 5.41) is 8.59. The summed E-state index contributed by atoms with van der Waals surface area (Å²) in [5.74, 6) is -0.118. The molecule has 0 radical (unpaired) electrons. The monoisotopic (exact) mass is 490 g/mol. The fourth-order valence-corrected chi connectivity index (χ4v) is 3.61. The Kier molecular flexibility index (Phi) is 10.5. The van der Waals surface area contributed by atoms with Gasteiger partial charge in [0.2, 0.25) is 0 Å². The van der Waals surface area contributed by atoms with Crippen LogP contribution >= 0.6 is 0 Å². The van der Waals surface area contributed by atoms with Gasteiger partial charge in [0.1, 0.15) is 11.4 Å². The summed E-state index contributed by atoms with van der Waals surface area (Å²) in [5.41, 5.74) is 8.86. The number of alkyl halides is 1. The smallest absolute Gasteiger partial charge is 0.169 e. The second-order valence-electron chi connectivity index (χ2n) is 8.60. The third-order valence-electron chi connectivity index (χ3n) is 5.72. The number of carbonyl (C=O) groups is 1. The molecule has 7 nitrogen and oxygen atoms in total. The molecular formula is C28H35FN6O. The molecule has 1 aliphatic carbocycles. The SMILES string of the molecule is CC.CC(C)(F)C1C=CC(c2cnc3cnc(C=O)cn23)=CC1.CN(CCN)c1ccc(C#N)cc1. The number of aromatic nitrogens is 3. The summed E-state index contributed by atoms with van der Waals surface area (Å²) in [7, 11) is 1.98. The first-order valence-electron chi connectivity index (χ1n) is 12.0. The maximum atomic E-state index is 14.0. The average molecular weight is 491 g/mol. The molecule has 2 N–H and O–H groups in total. The molecule has 1 atom stereocenters. The van der Waals surface area contributed by atoms with Crippen molar-refractivity contribution in [1.29, 1.82) is 5.26 Å². The molecule has 190 valence electrons. The zero-order valence-electron chi connectivity index (χ0n) is 21.6. The number of allylic oxidation sites excluding steroid dienone is 4. The number of nitrogens with two attached hydrogens (primary N) is 1. The third kappa shape index (κ3) is 7.33. The van der Waals surface area contributed by atoms with Crippen molar-refractivity contribution in [2.24, 2.45) is 11.7 Å². The maximum Gasteiger partial charge on any atom is 0.169 e. The van der Waals surface area contributed by atoms with Gasteiger partial charge in [-0.15, -0.1) is 0 Å². The molecule has 8 heteroatoms. The number of likely N-dealkylation sites (N-methyl/N-ethyl adjacent to an activating group) is 1. The topological polar surface area (TPSA) is 100 Å². The Morgan fingerprint density at radius 3 is 2.47 bits per heavy atom. The zero-order chi connectivity index (χ0) is 26.7. The zero-order valence-corrected chi connectivity index (χ0v) is 21.6. The highest BCUT2D eigenvalue weighted by Gasteiger charge is 2.27. The molecular weight excluding hydrogens is 455 g/mol. The van der Waals surface area contributed by atoms with Crippen LogP contribution in [0.5, 0.6) is 0 Å². The summed E-state index contributed by atoms with van der Waals surface area (Å²) >= 11 is 0. The summed E-state index contributed by atoms with van der Waals surface area (Å²) in [6.45, 7) is 8.65. The van der Waals surface area contributed by atoms with Crippen molar-refractivity contribution >= 4 is 23.2 Å². The quantitative estimate of drug-likeness (QED) is 0.475. The molecule has 0 fully saturated rings. The molecule has 2 aromatic heterocycles. The van der Waals surface area contributed by atoms with Gasteiger partial charge in [-0.3, -0.25) is 9.20 Å². The van der Waals surface area contributed by atoms with Gasteiger partial charge in [0, 0.05) is 37.9 Å². The number of aldehydes is 1. The van der Waals surface area contributed by atoms with Gasteiger partial charge >= 0.3 is 0 Å². The van der Waals surface area contributed by atoms with E-state index in [0.717, 1.165) is 23.5 Å². The first-order valence-corrected chi connectivity index (χ1v) is 12.0. The minimum atomic E-state index is -1.23. The number of benzene rings is 1. The Balaban J connectivity index is 0.000000262. The predicted octanol–water partition coefficient (Wildman–Crippen LogP) is 5.23. The normalized spacial score (nSPS) is 14.5. The van der Waals surface area contributed by atoms with Gasteiger partial charge in [0.15, 0.2) is 11.9 Å². The Labute approximate surface area is 212 Å². The summed E-state index contributed by atoms with van der Waals surface area (Å²) in [4.78, 5) is 21.2. The lowest BCUT2D eigenvalue weighted by Crippen LogP contribution is -2.24. The van der Waals surface area contributed by atoms with E-state index >= 15 is 0 Å². The first kappa shape index (κ1) is 28.4. The second-order valence-corrected chi connectivity index (χ2v) is 8.60. The van der Waals surface area contributed by atoms with E-state index < -0.39 is 5.67 Å². The molecule has 1 unspecified atom stereocenters. The molecule has 3 aromatic rings. The van der Waals surface area contributed by atoms with E-state index in [4.69, 9.17) is 11.0 Å². The van der Waals surface area contributed by atoms with Crippen LogP contribution < -0.4 is 10.6 Å². The highest BCUT2D eigenvalue weighted by molar-refractivity contribution is 5.76. The van der Waals surface area contributed by atoms with Crippen molar-refractivity contribution in [1.82, 2.24) is 14.4 Å². The molecule has 0 aliphatic heterocycles. The van der Waals surface area contributed by atoms with Crippen LogP contribution in [0.3, 0.4) is 0 Å². The van der Waals surface area contributed by atoms with Gasteiger partial charge in [-0.25, -0.2) is 14.4 Å². The molecule has 1 aromatic carbocycles. The fraction of sp³-hybridized carbons (Fsp3) is 0.357. The standard InChI is InChI=1S/C16H16FN3O.C10H13N3.C2H6/c1-16(2,17)12-5-3-11(4-6-12)14-7-19-15-8-18-13(10-21)9-20(14)15;1-13(7-6-11)10-4-2-9(8-12)3-5-10;1-2/h3-5,7-10,12H,6H2,1-2H3;2-5H,6-7,11H2,1H3;1-2H3. The highest BCUT2D eigenvalue weighted by Crippen LogP contribution is 2.32. The largest absolute Gasteiger partial charge is 0.373 e. The number of rotatable bonds is 6. The lowest BCUT2D eigenvalue weighted by atomic mass is 9.85. The lowest BCUT2D eigenvalue weighted by Gasteiger charge is -2.25. The van der Waals surface area contributed by atoms with Crippen LogP contribution in [-0.2, 0) is 0 Å². The third-order valence-corrected chi connectivity index (χ3v) is 5.72. The van der Waals surface area contributed by atoms with Crippen molar-refractivity contribution in [3.8, 4) is 6.07 Å². The van der Waals surface area contributed by atoms with Crippen LogP contribution in [0.25, 0.3) is 11.2 Å². The van der Waals surface area contributed by atoms with Crippen LogP contribution in [-0.4, -0.2) is 46.5 Å². The van der Waals surface area contributed by atoms with Gasteiger partial charge < -0.3 is 10.6 Å². The van der Waals surface area contributed by atoms with E-state index in [9.17, 15) is 9.18 Å². The van der Waals surface area contributed by atoms with Gasteiger partial charge in [0.05, 0.1) is 29.7 Å². The Morgan fingerprint density at radius 2 is 1.94 bits per heavy atom. The molecule has 1 aliphatic rings. The number of carbonyl (C=O) groups excluding carboxylic acids is 1. The number of anilines is 1. The minimum absolute atomic E-state index is 0.118. The van der Waals surface area contributed by atoms with Crippen molar-refractivity contribution in [2.45, 2.75) is 39.8 Å². The molecule has 0 spiro atoms. The highest BCUT2D eigenvalue weighted by atomic mass is 19.1. The minimum Gasteiger partial charge on any atom is -0.373 e. The number of hydrogen-bond donors (Lipinski definition) is 1. The van der Waals surface area contributed by atoms with Gasteiger partial charge in [-0.05, 0) is 50.1 Å². The summed E-state index contributed by atoms with van der Waals surface area (Å²) in [6.07, 6.45) is 12.1. The number of fused-ring (bicyclic) bond motifs is 1. The van der Waals surface area contributed by atoms with E-state index in [-0.39, 0.29) is 5.92 Å². The Bertz CT molecular complexity index is 1230. The van der Waals surface area contributed by atoms with E-state index in [1.165, 1.54) is 0 Å². The van der Waals surface area contributed by atoms with E-state index in [0.29, 0.717) is 36.2 Å². The fourth-order valence-electron chi connectivity index (χ4n) is 3.61. The van der Waals surface area contributed by atoms with Crippen LogP contribution in [0, 0.1) is 17.2 Å². The van der Waals surface area contributed by atoms with Crippen molar-refractivity contribution in [3.05, 3.63) is 78.0 Å². The van der Waals surface area contributed by atoms with Crippen LogP contribution in [0.4, 0.5) is 10.1 Å². The molecule has 0 saturated carbocycles. The molecule has 36 heavy (non-hydrogen) atoms. The van der Waals surface area contributed by atoms with Gasteiger partial charge in [-0.1, -0.05) is 32.1 Å². The molecule has 0 amide bonds. The van der Waals surface area contributed by atoms with Crippen LogP contribution in [0.15, 0.2) is 61.1 Å². The number of imidazole rings is 1. The molecule has 0 saturated heterocycles. The number of nitrogens with zero attached hydrogens (tertiary/aromatic N) is 5. The first-order chi connectivity index (χ1) is 17.3. The van der Waals surface area contributed by atoms with Crippen molar-refractivity contribution in [3.63, 3.8) is 0 Å². The van der Waals surface area contributed by atoms with Gasteiger partial charge in [-0.2, -0.15) is 5.26 Å². The number of nitriles is 1. The van der Waals surface area contributed by atoms with Crippen molar-refractivity contribution < 1.29 is 9.18 Å². The number of hydrogen-bond acceptors (Lipinski definition) is 6.